The lowest BCUT2D eigenvalue weighted by Crippen LogP contribution is -2.40. The molecule has 2 atom stereocenters. The molecule has 1 aromatic rings. The van der Waals surface area contributed by atoms with Gasteiger partial charge in [-0.05, 0) is 37.0 Å². The van der Waals surface area contributed by atoms with Crippen LogP contribution in [-0.4, -0.2) is 23.8 Å². The van der Waals surface area contributed by atoms with Crippen molar-refractivity contribution in [3.05, 3.63) is 66.1 Å². The maximum absolute atomic E-state index is 10.4. The molecular weight excluding hydrogens is 288 g/mol. The Morgan fingerprint density at radius 2 is 2.09 bits per heavy atom. The van der Waals surface area contributed by atoms with Crippen LogP contribution in [0.4, 0.5) is 5.69 Å². The van der Waals surface area contributed by atoms with Crippen molar-refractivity contribution in [1.82, 2.24) is 0 Å². The average Bonchev–Trinajstić information content (AvgIpc) is 2.55. The molecule has 1 aromatic carbocycles. The highest BCUT2D eigenvalue weighted by Crippen LogP contribution is 2.23. The van der Waals surface area contributed by atoms with Crippen LogP contribution in [0.3, 0.4) is 0 Å². The topological polar surface area (TPSA) is 45.1 Å². The largest absolute Gasteiger partial charge is 0.473 e. The fourth-order valence-corrected chi connectivity index (χ4v) is 2.69. The molecule has 0 amide bonds. The van der Waals surface area contributed by atoms with Crippen molar-refractivity contribution in [2.24, 2.45) is 10.9 Å². The number of para-hydroxylation sites is 1. The highest BCUT2D eigenvalue weighted by atomic mass is 16.5. The summed E-state index contributed by atoms with van der Waals surface area (Å²) in [5.41, 5.74) is 2.06. The summed E-state index contributed by atoms with van der Waals surface area (Å²) in [7, 11) is 0. The minimum Gasteiger partial charge on any atom is -0.473 e. The Kier molecular flexibility index (Phi) is 4.63. The Morgan fingerprint density at radius 3 is 2.74 bits per heavy atom. The van der Waals surface area contributed by atoms with E-state index in [1.165, 1.54) is 0 Å². The fraction of sp³-hybridized carbons (Fsp3) is 0.316. The number of ether oxygens (including phenoxy) is 1. The molecule has 2 unspecified atom stereocenters. The Morgan fingerprint density at radius 1 is 1.30 bits per heavy atom. The second kappa shape index (κ2) is 6.84. The van der Waals surface area contributed by atoms with Gasteiger partial charge in [0, 0.05) is 11.8 Å². The number of nitrogens with zero attached hydrogens (tertiary/aromatic N) is 2. The molecule has 2 aliphatic rings. The van der Waals surface area contributed by atoms with Crippen LogP contribution in [0, 0.1) is 5.92 Å². The van der Waals surface area contributed by atoms with E-state index in [-0.39, 0.29) is 0 Å². The summed E-state index contributed by atoms with van der Waals surface area (Å²) in [5.74, 6) is 1.77. The molecule has 0 saturated carbocycles. The summed E-state index contributed by atoms with van der Waals surface area (Å²) in [6.07, 6.45) is 8.38. The zero-order chi connectivity index (χ0) is 16.2. The van der Waals surface area contributed by atoms with Crippen LogP contribution in [0.5, 0.6) is 0 Å². The molecule has 1 aliphatic heterocycles. The quantitative estimate of drug-likeness (QED) is 0.924. The maximum Gasteiger partial charge on any atom is 0.215 e. The lowest BCUT2D eigenvalue weighted by atomic mass is 9.99. The number of rotatable bonds is 4. The lowest BCUT2D eigenvalue weighted by molar-refractivity contribution is 0.197. The predicted octanol–water partition coefficient (Wildman–Crippen LogP) is 3.62. The number of hydrogen-bond acceptors (Lipinski definition) is 4. The van der Waals surface area contributed by atoms with Crippen molar-refractivity contribution < 1.29 is 9.84 Å². The number of aliphatic hydroxyl groups is 1. The third-order valence-electron chi connectivity index (χ3n) is 3.99. The number of amidine groups is 1. The molecule has 0 saturated heterocycles. The molecule has 0 bridgehead atoms. The van der Waals surface area contributed by atoms with Gasteiger partial charge < -0.3 is 9.84 Å². The molecule has 1 N–H and O–H groups in total. The lowest BCUT2D eigenvalue weighted by Gasteiger charge is -2.31. The Bertz CT molecular complexity index is 674. The van der Waals surface area contributed by atoms with Crippen LogP contribution in [-0.2, 0) is 4.74 Å². The molecule has 120 valence electrons. The van der Waals surface area contributed by atoms with Crippen LogP contribution in [0.1, 0.15) is 20.3 Å². The first kappa shape index (κ1) is 15.6. The van der Waals surface area contributed by atoms with Gasteiger partial charge in [0.15, 0.2) is 6.23 Å². The van der Waals surface area contributed by atoms with Gasteiger partial charge in [-0.2, -0.15) is 0 Å². The summed E-state index contributed by atoms with van der Waals surface area (Å²) in [5, 5.41) is 10.4. The van der Waals surface area contributed by atoms with E-state index < -0.39 is 6.23 Å². The van der Waals surface area contributed by atoms with E-state index in [0.29, 0.717) is 24.2 Å². The summed E-state index contributed by atoms with van der Waals surface area (Å²) < 4.78 is 5.75. The van der Waals surface area contributed by atoms with Gasteiger partial charge in [-0.15, -0.1) is 0 Å². The van der Waals surface area contributed by atoms with Gasteiger partial charge in [0.1, 0.15) is 12.4 Å². The van der Waals surface area contributed by atoms with Gasteiger partial charge in [0.2, 0.25) is 5.88 Å². The molecule has 3 rings (SSSR count). The summed E-state index contributed by atoms with van der Waals surface area (Å²) in [4.78, 5) is 6.23. The van der Waals surface area contributed by atoms with Gasteiger partial charge in [-0.3, -0.25) is 4.90 Å². The van der Waals surface area contributed by atoms with Gasteiger partial charge in [0.25, 0.3) is 0 Å². The smallest absolute Gasteiger partial charge is 0.215 e. The van der Waals surface area contributed by atoms with Gasteiger partial charge >= 0.3 is 0 Å². The molecule has 0 spiro atoms. The van der Waals surface area contributed by atoms with E-state index in [9.17, 15) is 5.11 Å². The number of aliphatic hydroxyl groups excluding tert-OH is 1. The SMILES string of the molecule is CC1=NC(OCC2=CCC(C)C=C2)=CC(O)N1c1ccccc1. The number of allylic oxidation sites excluding steroid dienone is 2. The van der Waals surface area contributed by atoms with Gasteiger partial charge in [0.05, 0.1) is 0 Å². The van der Waals surface area contributed by atoms with E-state index in [1.54, 1.807) is 11.0 Å². The molecule has 0 fully saturated rings. The number of aliphatic imine (C=N–C) groups is 1. The van der Waals surface area contributed by atoms with Gasteiger partial charge in [-0.1, -0.05) is 43.4 Å². The molecule has 23 heavy (non-hydrogen) atoms. The van der Waals surface area contributed by atoms with Crippen molar-refractivity contribution in [3.63, 3.8) is 0 Å². The zero-order valence-corrected chi connectivity index (χ0v) is 13.5. The van der Waals surface area contributed by atoms with E-state index in [4.69, 9.17) is 4.74 Å². The standard InChI is InChI=1S/C19H22N2O2/c1-14-8-10-16(11-9-14)13-23-18-12-19(22)21(15(2)20-18)17-6-4-3-5-7-17/h3-8,10-12,14,19,22H,9,13H2,1-2H3. The maximum atomic E-state index is 10.4. The van der Waals surface area contributed by atoms with E-state index in [0.717, 1.165) is 17.7 Å². The second-order valence-corrected chi connectivity index (χ2v) is 5.92. The van der Waals surface area contributed by atoms with Gasteiger partial charge in [-0.25, -0.2) is 4.99 Å². The minimum absolute atomic E-state index is 0.468. The monoisotopic (exact) mass is 310 g/mol. The molecule has 4 nitrogen and oxygen atoms in total. The Labute approximate surface area is 137 Å². The van der Waals surface area contributed by atoms with Crippen molar-refractivity contribution in [2.75, 3.05) is 11.5 Å². The Balaban J connectivity index is 1.66. The molecule has 4 heteroatoms. The van der Waals surface area contributed by atoms with Crippen molar-refractivity contribution >= 4 is 11.5 Å². The third-order valence-corrected chi connectivity index (χ3v) is 3.99. The van der Waals surface area contributed by atoms with E-state index in [1.807, 2.05) is 37.3 Å². The van der Waals surface area contributed by atoms with Crippen molar-refractivity contribution in [1.29, 1.82) is 0 Å². The fourth-order valence-electron chi connectivity index (χ4n) is 2.69. The zero-order valence-electron chi connectivity index (χ0n) is 13.5. The average molecular weight is 310 g/mol. The summed E-state index contributed by atoms with van der Waals surface area (Å²) in [6, 6.07) is 9.71. The van der Waals surface area contributed by atoms with E-state index in [2.05, 4.69) is 30.1 Å². The highest BCUT2D eigenvalue weighted by molar-refractivity contribution is 5.97. The summed E-state index contributed by atoms with van der Waals surface area (Å²) >= 11 is 0. The van der Waals surface area contributed by atoms with Crippen LogP contribution in [0.25, 0.3) is 0 Å². The third kappa shape index (κ3) is 3.71. The number of anilines is 1. The Hall–Kier alpha value is -2.33. The molecule has 0 aromatic heterocycles. The molecule has 1 aliphatic carbocycles. The number of benzene rings is 1. The van der Waals surface area contributed by atoms with Crippen molar-refractivity contribution in [3.8, 4) is 0 Å². The van der Waals surface area contributed by atoms with Crippen LogP contribution < -0.4 is 4.90 Å². The van der Waals surface area contributed by atoms with Crippen molar-refractivity contribution in [2.45, 2.75) is 26.5 Å². The van der Waals surface area contributed by atoms with Crippen LogP contribution in [0.15, 0.2) is 71.1 Å². The first-order valence-corrected chi connectivity index (χ1v) is 7.93. The first-order valence-electron chi connectivity index (χ1n) is 7.93. The first-order chi connectivity index (χ1) is 11.1. The summed E-state index contributed by atoms with van der Waals surface area (Å²) in [6.45, 7) is 4.54. The highest BCUT2D eigenvalue weighted by Gasteiger charge is 2.23. The molecule has 1 heterocycles. The van der Waals surface area contributed by atoms with E-state index >= 15 is 0 Å². The molecular formula is C19H22N2O2. The molecule has 0 radical (unpaired) electrons. The van der Waals surface area contributed by atoms with Crippen LogP contribution >= 0.6 is 0 Å². The number of hydrogen-bond donors (Lipinski definition) is 1. The predicted molar refractivity (Wildman–Crippen MR) is 93.1 cm³/mol. The second-order valence-electron chi connectivity index (χ2n) is 5.92. The van der Waals surface area contributed by atoms with Crippen LogP contribution in [0.2, 0.25) is 0 Å². The minimum atomic E-state index is -0.777. The normalized spacial score (nSPS) is 24.0.